The summed E-state index contributed by atoms with van der Waals surface area (Å²) in [4.78, 5) is 29.1. The van der Waals surface area contributed by atoms with Crippen LogP contribution in [0.1, 0.15) is 34.8 Å². The van der Waals surface area contributed by atoms with E-state index in [9.17, 15) is 18.0 Å². The van der Waals surface area contributed by atoms with Gasteiger partial charge in [-0.05, 0) is 32.8 Å². The molecule has 170 valence electrons. The van der Waals surface area contributed by atoms with Crippen LogP contribution >= 0.6 is 0 Å². The minimum atomic E-state index is -3.71. The number of piperidine rings is 1. The van der Waals surface area contributed by atoms with E-state index in [1.807, 2.05) is 18.2 Å². The average Bonchev–Trinajstić information content (AvgIpc) is 3.31. The van der Waals surface area contributed by atoms with Gasteiger partial charge in [-0.2, -0.15) is 4.31 Å². The van der Waals surface area contributed by atoms with Gasteiger partial charge in [0.25, 0.3) is 10.0 Å². The molecule has 0 amide bonds. The maximum absolute atomic E-state index is 12.8. The molecule has 10 heteroatoms. The summed E-state index contributed by atoms with van der Waals surface area (Å²) in [6.45, 7) is 3.49. The first kappa shape index (κ1) is 22.2. The second-order valence-electron chi connectivity index (χ2n) is 8.00. The Morgan fingerprint density at radius 1 is 1.19 bits per heavy atom. The molecule has 3 heterocycles. The molecule has 0 spiro atoms. The minimum Gasteiger partial charge on any atom is -0.457 e. The van der Waals surface area contributed by atoms with Crippen molar-refractivity contribution in [2.75, 3.05) is 19.7 Å². The van der Waals surface area contributed by atoms with E-state index in [-0.39, 0.29) is 23.9 Å². The number of furan rings is 1. The van der Waals surface area contributed by atoms with Crippen molar-refractivity contribution < 1.29 is 27.2 Å². The lowest BCUT2D eigenvalue weighted by atomic mass is 9.98. The number of hydrogen-bond acceptors (Lipinski definition) is 7. The van der Waals surface area contributed by atoms with Crippen LogP contribution in [-0.2, 0) is 26.6 Å². The summed E-state index contributed by atoms with van der Waals surface area (Å²) in [5.74, 6) is -0.580. The Morgan fingerprint density at radius 3 is 2.50 bits per heavy atom. The van der Waals surface area contributed by atoms with E-state index in [0.717, 1.165) is 5.39 Å². The molecule has 0 aliphatic carbocycles. The van der Waals surface area contributed by atoms with E-state index in [0.29, 0.717) is 29.8 Å². The van der Waals surface area contributed by atoms with E-state index < -0.39 is 34.3 Å². The Labute approximate surface area is 186 Å². The predicted octanol–water partition coefficient (Wildman–Crippen LogP) is 2.61. The fraction of sp³-hybridized carbons (Fsp3) is 0.409. The lowest BCUT2D eigenvalue weighted by molar-refractivity contribution is -0.148. The first-order chi connectivity index (χ1) is 15.2. The van der Waals surface area contributed by atoms with Crippen LogP contribution in [0.25, 0.3) is 11.0 Å². The highest BCUT2D eigenvalue weighted by molar-refractivity contribution is 7.89. The number of aryl methyl sites for hydroxylation is 3. The number of carbonyl (C=O) groups is 2. The van der Waals surface area contributed by atoms with Crippen LogP contribution < -0.4 is 0 Å². The molecule has 9 nitrogen and oxygen atoms in total. The van der Waals surface area contributed by atoms with E-state index in [4.69, 9.17) is 9.15 Å². The number of ketones is 1. The third kappa shape index (κ3) is 4.07. The molecule has 0 radical (unpaired) electrons. The van der Waals surface area contributed by atoms with Crippen molar-refractivity contribution in [2.24, 2.45) is 13.0 Å². The third-order valence-corrected chi connectivity index (χ3v) is 7.69. The molecule has 1 saturated heterocycles. The maximum Gasteiger partial charge on any atom is 0.309 e. The molecule has 1 aliphatic heterocycles. The van der Waals surface area contributed by atoms with Crippen LogP contribution in [0.4, 0.5) is 0 Å². The zero-order valence-corrected chi connectivity index (χ0v) is 19.0. The molecule has 0 atom stereocenters. The van der Waals surface area contributed by atoms with Crippen LogP contribution in [0.5, 0.6) is 0 Å². The minimum absolute atomic E-state index is 0.00493. The highest BCUT2D eigenvalue weighted by atomic mass is 32.2. The first-order valence-corrected chi connectivity index (χ1v) is 11.8. The largest absolute Gasteiger partial charge is 0.457 e. The second-order valence-corrected chi connectivity index (χ2v) is 9.88. The highest BCUT2D eigenvalue weighted by Gasteiger charge is 2.34. The Morgan fingerprint density at radius 2 is 1.88 bits per heavy atom. The van der Waals surface area contributed by atoms with Crippen molar-refractivity contribution in [3.8, 4) is 0 Å². The van der Waals surface area contributed by atoms with E-state index in [2.05, 4.69) is 4.98 Å². The van der Waals surface area contributed by atoms with E-state index >= 15 is 0 Å². The zero-order chi connectivity index (χ0) is 23.0. The Balaban J connectivity index is 1.33. The van der Waals surface area contributed by atoms with Gasteiger partial charge in [-0.15, -0.1) is 0 Å². The SMILES string of the molecule is Cc1c(C(=O)COC(=O)C2CCN(S(=O)(=O)c3cn(C)c(C)n3)CC2)oc2ccccc12. The van der Waals surface area contributed by atoms with Gasteiger partial charge < -0.3 is 13.7 Å². The van der Waals surface area contributed by atoms with Crippen molar-refractivity contribution in [2.45, 2.75) is 31.7 Å². The summed E-state index contributed by atoms with van der Waals surface area (Å²) in [6, 6.07) is 7.33. The number of Topliss-reactive ketones (excluding diaryl/α,β-unsaturated/α-hetero) is 1. The standard InChI is InChI=1S/C22H25N3O6S/c1-14-17-6-4-5-7-19(17)31-21(14)18(26)13-30-22(27)16-8-10-25(11-9-16)32(28,29)20-12-24(3)15(2)23-20/h4-7,12,16H,8-11,13H2,1-3H3. The number of para-hydroxylation sites is 1. The molecule has 1 aliphatic rings. The van der Waals surface area contributed by atoms with Crippen molar-refractivity contribution in [3.63, 3.8) is 0 Å². The van der Waals surface area contributed by atoms with E-state index in [1.165, 1.54) is 10.5 Å². The molecule has 4 rings (SSSR count). The Bertz CT molecular complexity index is 1260. The summed E-state index contributed by atoms with van der Waals surface area (Å²) in [5, 5.41) is 0.851. The van der Waals surface area contributed by atoms with Gasteiger partial charge in [-0.1, -0.05) is 18.2 Å². The van der Waals surface area contributed by atoms with Crippen LogP contribution in [0.2, 0.25) is 0 Å². The number of fused-ring (bicyclic) bond motifs is 1. The van der Waals surface area contributed by atoms with E-state index in [1.54, 1.807) is 31.5 Å². The maximum atomic E-state index is 12.8. The lowest BCUT2D eigenvalue weighted by Gasteiger charge is -2.29. The van der Waals surface area contributed by atoms with Crippen LogP contribution in [0.3, 0.4) is 0 Å². The molecule has 1 fully saturated rings. The quantitative estimate of drug-likeness (QED) is 0.411. The smallest absolute Gasteiger partial charge is 0.309 e. The topological polar surface area (TPSA) is 112 Å². The van der Waals surface area contributed by atoms with Gasteiger partial charge in [0.2, 0.25) is 5.78 Å². The molecule has 3 aromatic rings. The molecule has 0 saturated carbocycles. The number of benzene rings is 1. The summed E-state index contributed by atoms with van der Waals surface area (Å²) in [5.41, 5.74) is 1.32. The van der Waals surface area contributed by atoms with Gasteiger partial charge in [-0.25, -0.2) is 13.4 Å². The number of sulfonamides is 1. The highest BCUT2D eigenvalue weighted by Crippen LogP contribution is 2.26. The fourth-order valence-electron chi connectivity index (χ4n) is 3.88. The number of hydrogen-bond donors (Lipinski definition) is 0. The number of carbonyl (C=O) groups excluding carboxylic acids is 2. The van der Waals surface area contributed by atoms with Crippen LogP contribution in [0.15, 0.2) is 39.9 Å². The van der Waals surface area contributed by atoms with Gasteiger partial charge in [0.1, 0.15) is 11.4 Å². The normalized spacial score (nSPS) is 15.8. The van der Waals surface area contributed by atoms with Crippen LogP contribution in [0, 0.1) is 19.8 Å². The summed E-state index contributed by atoms with van der Waals surface area (Å²) in [7, 11) is -1.98. The summed E-state index contributed by atoms with van der Waals surface area (Å²) >= 11 is 0. The van der Waals surface area contributed by atoms with Crippen molar-refractivity contribution >= 4 is 32.7 Å². The number of aromatic nitrogens is 2. The average molecular weight is 460 g/mol. The zero-order valence-electron chi connectivity index (χ0n) is 18.2. The summed E-state index contributed by atoms with van der Waals surface area (Å²) in [6.07, 6.45) is 2.13. The van der Waals surface area contributed by atoms with Crippen molar-refractivity contribution in [3.05, 3.63) is 47.6 Å². The summed E-state index contributed by atoms with van der Waals surface area (Å²) < 4.78 is 39.4. The number of nitrogens with zero attached hydrogens (tertiary/aromatic N) is 3. The van der Waals surface area contributed by atoms with Gasteiger partial charge in [0.15, 0.2) is 17.4 Å². The number of ether oxygens (including phenoxy) is 1. The first-order valence-electron chi connectivity index (χ1n) is 10.4. The second kappa shape index (κ2) is 8.51. The lowest BCUT2D eigenvalue weighted by Crippen LogP contribution is -2.41. The van der Waals surface area contributed by atoms with Gasteiger partial charge in [-0.3, -0.25) is 9.59 Å². The molecule has 0 N–H and O–H groups in total. The molecule has 1 aromatic carbocycles. The monoisotopic (exact) mass is 459 g/mol. The van der Waals surface area contributed by atoms with Crippen molar-refractivity contribution in [1.82, 2.24) is 13.9 Å². The van der Waals surface area contributed by atoms with Crippen molar-refractivity contribution in [1.29, 1.82) is 0 Å². The molecule has 32 heavy (non-hydrogen) atoms. The van der Waals surface area contributed by atoms with Gasteiger partial charge >= 0.3 is 5.97 Å². The number of imidazole rings is 1. The Kier molecular flexibility index (Phi) is 5.91. The molecular weight excluding hydrogens is 434 g/mol. The van der Waals surface area contributed by atoms with Crippen LogP contribution in [-0.4, -0.2) is 53.7 Å². The third-order valence-electron chi connectivity index (χ3n) is 5.92. The fourth-order valence-corrected chi connectivity index (χ4v) is 5.37. The molecule has 0 bridgehead atoms. The predicted molar refractivity (Wildman–Crippen MR) is 116 cm³/mol. The number of rotatable bonds is 6. The number of esters is 1. The molecule has 2 aromatic heterocycles. The molecule has 0 unspecified atom stereocenters. The Hall–Kier alpha value is -2.98. The molecular formula is C22H25N3O6S. The van der Waals surface area contributed by atoms with Gasteiger partial charge in [0.05, 0.1) is 5.92 Å². The van der Waals surface area contributed by atoms with Gasteiger partial charge in [0, 0.05) is 37.3 Å².